The number of fused-ring (bicyclic) bond motifs is 1. The lowest BCUT2D eigenvalue weighted by atomic mass is 10.1. The number of rotatable bonds is 3. The third-order valence-corrected chi connectivity index (χ3v) is 5.09. The first-order valence-electron chi connectivity index (χ1n) is 8.50. The predicted octanol–water partition coefficient (Wildman–Crippen LogP) is 5.59. The molecule has 2 aromatic carbocycles. The molecule has 0 atom stereocenters. The lowest BCUT2D eigenvalue weighted by Crippen LogP contribution is -2.17. The number of nitro groups is 1. The average Bonchev–Trinajstić information content (AvgIpc) is 3.11. The van der Waals surface area contributed by atoms with E-state index in [2.05, 4.69) is 4.98 Å². The van der Waals surface area contributed by atoms with Crippen LogP contribution in [0, 0.1) is 10.1 Å². The first-order valence-corrected chi connectivity index (χ1v) is 9.25. The van der Waals surface area contributed by atoms with Crippen molar-refractivity contribution in [3.63, 3.8) is 0 Å². The number of halogens is 5. The summed E-state index contributed by atoms with van der Waals surface area (Å²) in [6.07, 6.45) is -4.82. The van der Waals surface area contributed by atoms with Crippen molar-refractivity contribution in [3.05, 3.63) is 84.7 Å². The topological polar surface area (TPSA) is 93.3 Å². The second-order valence-corrected chi connectivity index (χ2v) is 7.22. The van der Waals surface area contributed by atoms with Crippen LogP contribution in [0.1, 0.15) is 5.69 Å². The Balaban J connectivity index is 2.04. The number of H-pyrrole nitrogens is 1. The SMILES string of the molecule is O=c1c(Cl)c(-c2ccc([N+](=O)[O-])cc2)nc2c(-c3ccc(Cl)cc3)c(C(F)(F)F)[nH]n12. The molecular weight excluding hydrogens is 460 g/mol. The Morgan fingerprint density at radius 1 is 1.00 bits per heavy atom. The van der Waals surface area contributed by atoms with E-state index in [1.807, 2.05) is 5.10 Å². The number of alkyl halides is 3. The fourth-order valence-electron chi connectivity index (χ4n) is 3.08. The Bertz CT molecular complexity index is 1380. The van der Waals surface area contributed by atoms with E-state index in [0.29, 0.717) is 9.54 Å². The van der Waals surface area contributed by atoms with Gasteiger partial charge in [-0.15, -0.1) is 0 Å². The molecule has 4 rings (SSSR count). The zero-order valence-corrected chi connectivity index (χ0v) is 16.6. The summed E-state index contributed by atoms with van der Waals surface area (Å²) in [5.41, 5.74) is -2.77. The maximum atomic E-state index is 13.7. The van der Waals surface area contributed by atoms with E-state index >= 15 is 0 Å². The van der Waals surface area contributed by atoms with Crippen molar-refractivity contribution >= 4 is 34.5 Å². The van der Waals surface area contributed by atoms with Gasteiger partial charge in [-0.1, -0.05) is 35.3 Å². The van der Waals surface area contributed by atoms with E-state index in [9.17, 15) is 28.1 Å². The number of nitrogens with one attached hydrogen (secondary N) is 1. The van der Waals surface area contributed by atoms with Crippen molar-refractivity contribution < 1.29 is 18.1 Å². The first-order chi connectivity index (χ1) is 14.6. The van der Waals surface area contributed by atoms with Crippen molar-refractivity contribution in [1.82, 2.24) is 14.6 Å². The molecule has 0 spiro atoms. The van der Waals surface area contributed by atoms with Crippen molar-refractivity contribution in [2.45, 2.75) is 6.18 Å². The molecule has 0 aliphatic rings. The molecule has 0 unspecified atom stereocenters. The van der Waals surface area contributed by atoms with Crippen LogP contribution in [0.25, 0.3) is 28.0 Å². The van der Waals surface area contributed by atoms with Gasteiger partial charge in [-0.05, 0) is 29.8 Å². The quantitative estimate of drug-likeness (QED) is 0.313. The van der Waals surface area contributed by atoms with Gasteiger partial charge >= 0.3 is 6.18 Å². The third kappa shape index (κ3) is 3.64. The lowest BCUT2D eigenvalue weighted by Gasteiger charge is -2.08. The molecule has 4 aromatic rings. The molecule has 158 valence electrons. The van der Waals surface area contributed by atoms with Gasteiger partial charge in [-0.2, -0.15) is 17.7 Å². The number of nitro benzene ring substituents is 1. The maximum Gasteiger partial charge on any atom is 0.433 e. The third-order valence-electron chi connectivity index (χ3n) is 4.49. The molecule has 0 saturated carbocycles. The van der Waals surface area contributed by atoms with Crippen molar-refractivity contribution in [3.8, 4) is 22.4 Å². The van der Waals surface area contributed by atoms with Gasteiger partial charge in [0, 0.05) is 22.7 Å². The summed E-state index contributed by atoms with van der Waals surface area (Å²) in [7, 11) is 0. The van der Waals surface area contributed by atoms with E-state index in [1.54, 1.807) is 0 Å². The van der Waals surface area contributed by atoms with Crippen LogP contribution in [0.3, 0.4) is 0 Å². The molecule has 7 nitrogen and oxygen atoms in total. The second kappa shape index (κ2) is 7.40. The monoisotopic (exact) mass is 468 g/mol. The van der Waals surface area contributed by atoms with Gasteiger partial charge in [-0.3, -0.25) is 20.0 Å². The zero-order chi connectivity index (χ0) is 22.5. The van der Waals surface area contributed by atoms with E-state index in [0.717, 1.165) is 0 Å². The fourth-order valence-corrected chi connectivity index (χ4v) is 3.44. The van der Waals surface area contributed by atoms with Gasteiger partial charge in [-0.25, -0.2) is 4.98 Å². The van der Waals surface area contributed by atoms with Gasteiger partial charge < -0.3 is 0 Å². The van der Waals surface area contributed by atoms with Gasteiger partial charge in [0.05, 0.1) is 16.2 Å². The summed E-state index contributed by atoms with van der Waals surface area (Å²) in [5, 5.41) is 12.8. The van der Waals surface area contributed by atoms with E-state index in [1.165, 1.54) is 48.5 Å². The minimum atomic E-state index is -4.82. The van der Waals surface area contributed by atoms with Crippen molar-refractivity contribution in [2.24, 2.45) is 0 Å². The first kappa shape index (κ1) is 20.9. The summed E-state index contributed by atoms with van der Waals surface area (Å²) in [4.78, 5) is 27.2. The van der Waals surface area contributed by atoms with Gasteiger partial charge in [0.25, 0.3) is 11.2 Å². The number of non-ortho nitro benzene ring substituents is 1. The molecule has 31 heavy (non-hydrogen) atoms. The molecule has 0 fully saturated rings. The average molecular weight is 469 g/mol. The van der Waals surface area contributed by atoms with Crippen LogP contribution in [0.2, 0.25) is 10.0 Å². The minimum absolute atomic E-state index is 0.107. The molecule has 2 heterocycles. The lowest BCUT2D eigenvalue weighted by molar-refractivity contribution is -0.384. The van der Waals surface area contributed by atoms with E-state index in [4.69, 9.17) is 23.2 Å². The highest BCUT2D eigenvalue weighted by Crippen LogP contribution is 2.39. The van der Waals surface area contributed by atoms with Crippen LogP contribution in [-0.4, -0.2) is 19.5 Å². The minimum Gasteiger partial charge on any atom is -0.284 e. The Kier molecular flexibility index (Phi) is 4.98. The summed E-state index contributed by atoms with van der Waals surface area (Å²) < 4.78 is 41.8. The Morgan fingerprint density at radius 3 is 2.13 bits per heavy atom. The Labute approximate surface area is 180 Å². The van der Waals surface area contributed by atoms with Crippen molar-refractivity contribution in [1.29, 1.82) is 0 Å². The predicted molar refractivity (Wildman–Crippen MR) is 108 cm³/mol. The molecule has 1 N–H and O–H groups in total. The highest BCUT2D eigenvalue weighted by molar-refractivity contribution is 6.33. The number of hydrogen-bond donors (Lipinski definition) is 1. The molecule has 0 amide bonds. The zero-order valence-electron chi connectivity index (χ0n) is 15.1. The number of hydrogen-bond acceptors (Lipinski definition) is 4. The Morgan fingerprint density at radius 2 is 1.58 bits per heavy atom. The van der Waals surface area contributed by atoms with Gasteiger partial charge in [0.2, 0.25) is 0 Å². The second-order valence-electron chi connectivity index (χ2n) is 6.41. The highest BCUT2D eigenvalue weighted by atomic mass is 35.5. The number of benzene rings is 2. The van der Waals surface area contributed by atoms with E-state index in [-0.39, 0.29) is 33.7 Å². The Hall–Kier alpha value is -3.37. The summed E-state index contributed by atoms with van der Waals surface area (Å²) >= 11 is 11.9. The van der Waals surface area contributed by atoms with Crippen LogP contribution < -0.4 is 5.56 Å². The van der Waals surface area contributed by atoms with Crippen LogP contribution >= 0.6 is 23.2 Å². The maximum absolute atomic E-state index is 13.7. The molecule has 2 aromatic heterocycles. The summed E-state index contributed by atoms with van der Waals surface area (Å²) in [6, 6.07) is 10.5. The molecular formula is C19H9Cl2F3N4O3. The van der Waals surface area contributed by atoms with Crippen LogP contribution in [-0.2, 0) is 6.18 Å². The standard InChI is InChI=1S/C19H9Cl2F3N4O3/c20-11-5-1-9(2-6-11)13-16(19(22,23)24)26-27-17(13)25-15(14(21)18(27)29)10-3-7-12(8-4-10)28(30)31/h1-8,26H. The molecule has 0 saturated heterocycles. The van der Waals surface area contributed by atoms with Crippen LogP contribution in [0.4, 0.5) is 18.9 Å². The summed E-state index contributed by atoms with van der Waals surface area (Å²) in [6.45, 7) is 0. The van der Waals surface area contributed by atoms with Crippen LogP contribution in [0.15, 0.2) is 53.3 Å². The van der Waals surface area contributed by atoms with Gasteiger partial charge in [0.15, 0.2) is 5.65 Å². The number of aromatic nitrogens is 3. The molecule has 0 aliphatic heterocycles. The molecule has 0 radical (unpaired) electrons. The summed E-state index contributed by atoms with van der Waals surface area (Å²) in [5.74, 6) is 0. The van der Waals surface area contributed by atoms with Crippen molar-refractivity contribution in [2.75, 3.05) is 0 Å². The molecule has 12 heteroatoms. The van der Waals surface area contributed by atoms with Gasteiger partial charge in [0.1, 0.15) is 10.7 Å². The number of aromatic amines is 1. The normalized spacial score (nSPS) is 11.8. The van der Waals surface area contributed by atoms with Crippen LogP contribution in [0.5, 0.6) is 0 Å². The smallest absolute Gasteiger partial charge is 0.284 e. The largest absolute Gasteiger partial charge is 0.433 e. The fraction of sp³-hybridized carbons (Fsp3) is 0.0526. The number of nitrogens with zero attached hydrogens (tertiary/aromatic N) is 3. The van der Waals surface area contributed by atoms with E-state index < -0.39 is 27.4 Å². The highest BCUT2D eigenvalue weighted by Gasteiger charge is 2.38. The molecule has 0 bridgehead atoms. The molecule has 0 aliphatic carbocycles.